The van der Waals surface area contributed by atoms with Crippen LogP contribution < -0.4 is 22.5 Å². The van der Waals surface area contributed by atoms with Gasteiger partial charge in [-0.15, -0.1) is 12.4 Å². The van der Waals surface area contributed by atoms with Crippen LogP contribution in [0.5, 0.6) is 0 Å². The topological polar surface area (TPSA) is 90.1 Å². The quantitative estimate of drug-likeness (QED) is 0.641. The molecule has 0 aliphatic rings. The van der Waals surface area contributed by atoms with E-state index >= 15 is 0 Å². The number of anilines is 4. The highest BCUT2D eigenvalue weighted by molar-refractivity contribution is 5.85. The summed E-state index contributed by atoms with van der Waals surface area (Å²) in [7, 11) is 0. The van der Waals surface area contributed by atoms with Crippen molar-refractivity contribution in [3.63, 3.8) is 0 Å². The van der Waals surface area contributed by atoms with E-state index in [9.17, 15) is 0 Å². The molecule has 0 bridgehead atoms. The number of benzene rings is 2. The summed E-state index contributed by atoms with van der Waals surface area (Å²) in [5.41, 5.74) is 21.4. The van der Waals surface area contributed by atoms with E-state index in [1.54, 1.807) is 0 Å². The highest BCUT2D eigenvalue weighted by Gasteiger charge is 2.02. The Balaban J connectivity index is 0.00000162. The fraction of sp³-hybridized carbons (Fsp3) is 0.0769. The first-order chi connectivity index (χ1) is 8.16. The summed E-state index contributed by atoms with van der Waals surface area (Å²) < 4.78 is 0. The van der Waals surface area contributed by atoms with E-state index in [0.29, 0.717) is 17.9 Å². The van der Waals surface area contributed by atoms with Crippen molar-refractivity contribution in [2.45, 2.75) is 6.54 Å². The first kappa shape index (κ1) is 14.0. The number of halogens is 1. The minimum Gasteiger partial charge on any atom is -0.399 e. The molecular formula is C13H17ClN4. The molecule has 96 valence electrons. The zero-order chi connectivity index (χ0) is 12.3. The SMILES string of the molecule is Cl.Nc1ccc(NCc2c(N)cccc2N)cc1. The average Bonchev–Trinajstić information content (AvgIpc) is 2.31. The smallest absolute Gasteiger partial charge is 0.0441 e. The molecule has 0 unspecified atom stereocenters. The third kappa shape index (κ3) is 3.21. The van der Waals surface area contributed by atoms with Crippen molar-refractivity contribution >= 4 is 35.2 Å². The Morgan fingerprint density at radius 3 is 1.94 bits per heavy atom. The molecule has 0 aromatic heterocycles. The summed E-state index contributed by atoms with van der Waals surface area (Å²) in [6, 6.07) is 13.1. The highest BCUT2D eigenvalue weighted by Crippen LogP contribution is 2.20. The molecule has 18 heavy (non-hydrogen) atoms. The van der Waals surface area contributed by atoms with Crippen molar-refractivity contribution in [1.82, 2.24) is 0 Å². The molecule has 0 atom stereocenters. The summed E-state index contributed by atoms with van der Waals surface area (Å²) in [4.78, 5) is 0. The molecule has 0 fully saturated rings. The van der Waals surface area contributed by atoms with Crippen molar-refractivity contribution in [2.75, 3.05) is 22.5 Å². The third-order valence-electron chi connectivity index (χ3n) is 2.63. The van der Waals surface area contributed by atoms with Gasteiger partial charge in [0.15, 0.2) is 0 Å². The second-order valence-corrected chi connectivity index (χ2v) is 3.89. The Kier molecular flexibility index (Phi) is 4.68. The van der Waals surface area contributed by atoms with Gasteiger partial charge in [0.05, 0.1) is 0 Å². The van der Waals surface area contributed by atoms with E-state index in [4.69, 9.17) is 17.2 Å². The molecule has 0 saturated carbocycles. The summed E-state index contributed by atoms with van der Waals surface area (Å²) in [5.74, 6) is 0. The van der Waals surface area contributed by atoms with Gasteiger partial charge in [-0.3, -0.25) is 0 Å². The Hall–Kier alpha value is -2.07. The van der Waals surface area contributed by atoms with Gasteiger partial charge in [0.2, 0.25) is 0 Å². The van der Waals surface area contributed by atoms with Crippen LogP contribution in [0.15, 0.2) is 42.5 Å². The Bertz CT molecular complexity index is 491. The summed E-state index contributed by atoms with van der Waals surface area (Å²) >= 11 is 0. The van der Waals surface area contributed by atoms with Crippen LogP contribution in [-0.2, 0) is 6.54 Å². The molecule has 5 heteroatoms. The lowest BCUT2D eigenvalue weighted by Crippen LogP contribution is -2.06. The second-order valence-electron chi connectivity index (χ2n) is 3.89. The van der Waals surface area contributed by atoms with Gasteiger partial charge in [-0.1, -0.05) is 6.07 Å². The van der Waals surface area contributed by atoms with E-state index in [1.165, 1.54) is 0 Å². The van der Waals surface area contributed by atoms with Crippen LogP contribution in [0, 0.1) is 0 Å². The van der Waals surface area contributed by atoms with Gasteiger partial charge in [-0.05, 0) is 36.4 Å². The van der Waals surface area contributed by atoms with Crippen molar-refractivity contribution in [2.24, 2.45) is 0 Å². The molecular weight excluding hydrogens is 248 g/mol. The van der Waals surface area contributed by atoms with Crippen molar-refractivity contribution in [3.05, 3.63) is 48.0 Å². The molecule has 7 N–H and O–H groups in total. The third-order valence-corrected chi connectivity index (χ3v) is 2.63. The number of nitrogen functional groups attached to an aromatic ring is 3. The van der Waals surface area contributed by atoms with Gasteiger partial charge in [0, 0.05) is 34.9 Å². The van der Waals surface area contributed by atoms with Crippen LogP contribution >= 0.6 is 12.4 Å². The summed E-state index contributed by atoms with van der Waals surface area (Å²) in [6.07, 6.45) is 0. The van der Waals surface area contributed by atoms with E-state index in [1.807, 2.05) is 42.5 Å². The number of hydrogen-bond acceptors (Lipinski definition) is 4. The predicted molar refractivity (Wildman–Crippen MR) is 80.7 cm³/mol. The molecule has 0 saturated heterocycles. The van der Waals surface area contributed by atoms with Crippen LogP contribution in [0.1, 0.15) is 5.56 Å². The monoisotopic (exact) mass is 264 g/mol. The van der Waals surface area contributed by atoms with Gasteiger partial charge in [0.1, 0.15) is 0 Å². The lowest BCUT2D eigenvalue weighted by Gasteiger charge is -2.11. The summed E-state index contributed by atoms with van der Waals surface area (Å²) in [6.45, 7) is 0.600. The fourth-order valence-electron chi connectivity index (χ4n) is 1.62. The Morgan fingerprint density at radius 1 is 0.833 bits per heavy atom. The van der Waals surface area contributed by atoms with Gasteiger partial charge in [-0.25, -0.2) is 0 Å². The molecule has 2 rings (SSSR count). The molecule has 0 aliphatic carbocycles. The van der Waals surface area contributed by atoms with Crippen LogP contribution in [0.3, 0.4) is 0 Å². The molecule has 2 aromatic carbocycles. The zero-order valence-corrected chi connectivity index (χ0v) is 10.7. The molecule has 2 aromatic rings. The van der Waals surface area contributed by atoms with Crippen molar-refractivity contribution in [1.29, 1.82) is 0 Å². The second kappa shape index (κ2) is 6.02. The van der Waals surface area contributed by atoms with E-state index in [-0.39, 0.29) is 12.4 Å². The minimum absolute atomic E-state index is 0. The summed E-state index contributed by atoms with van der Waals surface area (Å²) in [5, 5.41) is 3.25. The minimum atomic E-state index is 0. The number of rotatable bonds is 3. The Morgan fingerprint density at radius 2 is 1.39 bits per heavy atom. The van der Waals surface area contributed by atoms with Gasteiger partial charge in [-0.2, -0.15) is 0 Å². The van der Waals surface area contributed by atoms with Gasteiger partial charge < -0.3 is 22.5 Å². The normalized spacial score (nSPS) is 9.56. The molecule has 0 radical (unpaired) electrons. The van der Waals surface area contributed by atoms with E-state index < -0.39 is 0 Å². The average molecular weight is 265 g/mol. The highest BCUT2D eigenvalue weighted by atomic mass is 35.5. The van der Waals surface area contributed by atoms with E-state index in [0.717, 1.165) is 16.9 Å². The Labute approximate surface area is 113 Å². The van der Waals surface area contributed by atoms with E-state index in [2.05, 4.69) is 5.32 Å². The van der Waals surface area contributed by atoms with Crippen molar-refractivity contribution in [3.8, 4) is 0 Å². The molecule has 0 amide bonds. The lowest BCUT2D eigenvalue weighted by atomic mass is 10.1. The maximum Gasteiger partial charge on any atom is 0.0441 e. The lowest BCUT2D eigenvalue weighted by molar-refractivity contribution is 1.16. The van der Waals surface area contributed by atoms with Crippen LogP contribution in [0.25, 0.3) is 0 Å². The maximum atomic E-state index is 5.87. The number of nitrogens with one attached hydrogen (secondary N) is 1. The molecule has 0 aliphatic heterocycles. The molecule has 4 nitrogen and oxygen atoms in total. The number of nitrogens with two attached hydrogens (primary N) is 3. The molecule has 0 heterocycles. The van der Waals surface area contributed by atoms with Gasteiger partial charge >= 0.3 is 0 Å². The van der Waals surface area contributed by atoms with Gasteiger partial charge in [0.25, 0.3) is 0 Å². The zero-order valence-electron chi connectivity index (χ0n) is 9.89. The van der Waals surface area contributed by atoms with Crippen LogP contribution in [0.4, 0.5) is 22.7 Å². The fourth-order valence-corrected chi connectivity index (χ4v) is 1.62. The standard InChI is InChI=1S/C13H16N4.ClH/c14-9-4-6-10(7-5-9)17-8-11-12(15)2-1-3-13(11)16;/h1-7,17H,8,14-16H2;1H. The van der Waals surface area contributed by atoms with Crippen molar-refractivity contribution < 1.29 is 0 Å². The number of hydrogen-bond donors (Lipinski definition) is 4. The first-order valence-corrected chi connectivity index (χ1v) is 5.39. The largest absolute Gasteiger partial charge is 0.399 e. The predicted octanol–water partition coefficient (Wildman–Crippen LogP) is 2.47. The molecule has 0 spiro atoms. The first-order valence-electron chi connectivity index (χ1n) is 5.39. The maximum absolute atomic E-state index is 5.87. The van der Waals surface area contributed by atoms with Crippen LogP contribution in [0.2, 0.25) is 0 Å². The van der Waals surface area contributed by atoms with Crippen LogP contribution in [-0.4, -0.2) is 0 Å².